The van der Waals surface area contributed by atoms with Gasteiger partial charge in [0.25, 0.3) is 0 Å². The summed E-state index contributed by atoms with van der Waals surface area (Å²) in [5, 5.41) is 9.37. The zero-order valence-electron chi connectivity index (χ0n) is 9.74. The highest BCUT2D eigenvalue weighted by Gasteiger charge is 2.51. The predicted octanol–water partition coefficient (Wildman–Crippen LogP) is 2.02. The van der Waals surface area contributed by atoms with Crippen LogP contribution in [0.15, 0.2) is 47.4 Å². The normalized spacial score (nSPS) is 23.8. The molecule has 0 spiro atoms. The molecule has 1 atom stereocenters. The van der Waals surface area contributed by atoms with Gasteiger partial charge in [0.2, 0.25) is 0 Å². The summed E-state index contributed by atoms with van der Waals surface area (Å²) in [6, 6.07) is 7.78. The molecular weight excluding hydrogens is 252 g/mol. The highest BCUT2D eigenvalue weighted by molar-refractivity contribution is 7.93. The molecule has 4 nitrogen and oxygen atoms in total. The zero-order chi connectivity index (χ0) is 13.2. The maximum Gasteiger partial charge on any atom is 0.325 e. The van der Waals surface area contributed by atoms with Crippen molar-refractivity contribution in [1.29, 1.82) is 0 Å². The molecule has 1 aromatic carbocycles. The Morgan fingerprint density at radius 3 is 2.33 bits per heavy atom. The molecule has 2 rings (SSSR count). The number of allylic oxidation sites excluding steroid dienone is 2. The van der Waals surface area contributed by atoms with Crippen molar-refractivity contribution in [3.8, 4) is 0 Å². The van der Waals surface area contributed by atoms with Gasteiger partial charge in [-0.1, -0.05) is 30.4 Å². The fourth-order valence-electron chi connectivity index (χ4n) is 2.19. The Bertz CT molecular complexity index is 574. The van der Waals surface area contributed by atoms with Crippen molar-refractivity contribution >= 4 is 15.8 Å². The van der Waals surface area contributed by atoms with Crippen molar-refractivity contribution in [1.82, 2.24) is 0 Å². The first-order valence-electron chi connectivity index (χ1n) is 5.69. The Labute approximate surface area is 106 Å². The van der Waals surface area contributed by atoms with E-state index in [1.165, 1.54) is 12.1 Å². The van der Waals surface area contributed by atoms with E-state index in [9.17, 15) is 18.3 Å². The molecule has 0 amide bonds. The average Bonchev–Trinajstić information content (AvgIpc) is 2.40. The van der Waals surface area contributed by atoms with E-state index in [-0.39, 0.29) is 17.7 Å². The van der Waals surface area contributed by atoms with Crippen LogP contribution in [0, 0.1) is 0 Å². The van der Waals surface area contributed by atoms with E-state index < -0.39 is 20.6 Å². The summed E-state index contributed by atoms with van der Waals surface area (Å²) in [6.07, 6.45) is 4.08. The number of aliphatic carboxylic acids is 1. The van der Waals surface area contributed by atoms with Gasteiger partial charge in [0.1, 0.15) is 0 Å². The first kappa shape index (κ1) is 12.8. The second kappa shape index (κ2) is 4.57. The smallest absolute Gasteiger partial charge is 0.325 e. The molecule has 0 heterocycles. The lowest BCUT2D eigenvalue weighted by molar-refractivity contribution is -0.140. The lowest BCUT2D eigenvalue weighted by Gasteiger charge is -2.30. The van der Waals surface area contributed by atoms with Crippen LogP contribution in [0.25, 0.3) is 0 Å². The third-order valence-electron chi connectivity index (χ3n) is 3.29. The third-order valence-corrected chi connectivity index (χ3v) is 5.75. The standard InChI is InChI=1S/C13H14O4S/c14-12(15)13(9-5-2-6-10-13)18(16,17)11-7-3-1-4-8-11/h1-5,7-8H,6,9-10H2,(H,14,15). The van der Waals surface area contributed by atoms with Gasteiger partial charge >= 0.3 is 5.97 Å². The Morgan fingerprint density at radius 2 is 1.83 bits per heavy atom. The summed E-state index contributed by atoms with van der Waals surface area (Å²) in [5.74, 6) is -1.27. The molecule has 0 saturated carbocycles. The fraction of sp³-hybridized carbons (Fsp3) is 0.308. The summed E-state index contributed by atoms with van der Waals surface area (Å²) >= 11 is 0. The van der Waals surface area contributed by atoms with Gasteiger partial charge in [-0.2, -0.15) is 0 Å². The van der Waals surface area contributed by atoms with Crippen LogP contribution in [0.3, 0.4) is 0 Å². The molecule has 0 saturated heterocycles. The molecule has 1 aliphatic rings. The van der Waals surface area contributed by atoms with Crippen molar-refractivity contribution in [3.63, 3.8) is 0 Å². The van der Waals surface area contributed by atoms with E-state index in [1.54, 1.807) is 24.3 Å². The molecule has 0 radical (unpaired) electrons. The molecule has 1 aliphatic carbocycles. The van der Waals surface area contributed by atoms with Gasteiger partial charge in [-0.3, -0.25) is 4.79 Å². The van der Waals surface area contributed by atoms with Crippen LogP contribution in [0.1, 0.15) is 19.3 Å². The maximum atomic E-state index is 12.5. The maximum absolute atomic E-state index is 12.5. The summed E-state index contributed by atoms with van der Waals surface area (Å²) in [5.41, 5.74) is 0. The second-order valence-electron chi connectivity index (χ2n) is 4.33. The fourth-order valence-corrected chi connectivity index (χ4v) is 4.09. The van der Waals surface area contributed by atoms with Gasteiger partial charge in [0.05, 0.1) is 4.90 Å². The van der Waals surface area contributed by atoms with Crippen molar-refractivity contribution in [2.24, 2.45) is 0 Å². The summed E-state index contributed by atoms with van der Waals surface area (Å²) in [6.45, 7) is 0. The van der Waals surface area contributed by atoms with E-state index in [0.717, 1.165) is 0 Å². The van der Waals surface area contributed by atoms with Crippen LogP contribution in [-0.4, -0.2) is 24.2 Å². The van der Waals surface area contributed by atoms with Crippen LogP contribution in [0.4, 0.5) is 0 Å². The minimum Gasteiger partial charge on any atom is -0.480 e. The summed E-state index contributed by atoms with van der Waals surface area (Å²) in [7, 11) is -3.87. The third kappa shape index (κ3) is 1.84. The van der Waals surface area contributed by atoms with E-state index >= 15 is 0 Å². The van der Waals surface area contributed by atoms with Gasteiger partial charge in [-0.25, -0.2) is 8.42 Å². The number of carboxylic acids is 1. The van der Waals surface area contributed by atoms with E-state index in [1.807, 2.05) is 6.08 Å². The van der Waals surface area contributed by atoms with E-state index in [0.29, 0.717) is 6.42 Å². The quantitative estimate of drug-likeness (QED) is 0.850. The molecule has 18 heavy (non-hydrogen) atoms. The Balaban J connectivity index is 2.57. The highest BCUT2D eigenvalue weighted by Crippen LogP contribution is 2.36. The lowest BCUT2D eigenvalue weighted by atomic mass is 9.93. The van der Waals surface area contributed by atoms with Crippen molar-refractivity contribution in [2.45, 2.75) is 28.9 Å². The van der Waals surface area contributed by atoms with Crippen LogP contribution in [0.5, 0.6) is 0 Å². The molecule has 0 aromatic heterocycles. The molecule has 1 N–H and O–H groups in total. The molecule has 1 unspecified atom stereocenters. The molecule has 0 fully saturated rings. The van der Waals surface area contributed by atoms with Crippen LogP contribution >= 0.6 is 0 Å². The molecule has 1 aromatic rings. The number of rotatable bonds is 3. The predicted molar refractivity (Wildman–Crippen MR) is 67.0 cm³/mol. The Hall–Kier alpha value is -1.62. The van der Waals surface area contributed by atoms with Gasteiger partial charge in [0, 0.05) is 0 Å². The average molecular weight is 266 g/mol. The SMILES string of the molecule is O=C(O)C1(S(=O)(=O)c2ccccc2)CC=CCC1. The lowest BCUT2D eigenvalue weighted by Crippen LogP contribution is -2.47. The van der Waals surface area contributed by atoms with Crippen molar-refractivity contribution in [2.75, 3.05) is 0 Å². The Kier molecular flexibility index (Phi) is 3.26. The van der Waals surface area contributed by atoms with Crippen LogP contribution in [0.2, 0.25) is 0 Å². The second-order valence-corrected chi connectivity index (χ2v) is 6.59. The molecule has 0 aliphatic heterocycles. The summed E-state index contributed by atoms with van der Waals surface area (Å²) < 4.78 is 23.4. The van der Waals surface area contributed by atoms with Crippen molar-refractivity contribution in [3.05, 3.63) is 42.5 Å². The number of carboxylic acid groups (broad SMARTS) is 1. The molecule has 96 valence electrons. The minimum absolute atomic E-state index is 0.0273. The van der Waals surface area contributed by atoms with Crippen LogP contribution in [-0.2, 0) is 14.6 Å². The monoisotopic (exact) mass is 266 g/mol. The van der Waals surface area contributed by atoms with Crippen molar-refractivity contribution < 1.29 is 18.3 Å². The van der Waals surface area contributed by atoms with Gasteiger partial charge in [-0.05, 0) is 31.4 Å². The summed E-state index contributed by atoms with van der Waals surface area (Å²) in [4.78, 5) is 11.6. The largest absolute Gasteiger partial charge is 0.480 e. The number of sulfone groups is 1. The molecular formula is C13H14O4S. The number of hydrogen-bond donors (Lipinski definition) is 1. The first-order valence-corrected chi connectivity index (χ1v) is 7.17. The van der Waals surface area contributed by atoms with E-state index in [4.69, 9.17) is 0 Å². The van der Waals surface area contributed by atoms with E-state index in [2.05, 4.69) is 0 Å². The van der Waals surface area contributed by atoms with Gasteiger partial charge in [0.15, 0.2) is 14.6 Å². The topological polar surface area (TPSA) is 71.4 Å². The van der Waals surface area contributed by atoms with Crippen LogP contribution < -0.4 is 0 Å². The highest BCUT2D eigenvalue weighted by atomic mass is 32.2. The van der Waals surface area contributed by atoms with Gasteiger partial charge in [-0.15, -0.1) is 0 Å². The first-order chi connectivity index (χ1) is 8.51. The number of benzene rings is 1. The van der Waals surface area contributed by atoms with Gasteiger partial charge < -0.3 is 5.11 Å². The zero-order valence-corrected chi connectivity index (χ0v) is 10.6. The number of carbonyl (C=O) groups is 1. The molecule has 0 bridgehead atoms. The Morgan fingerprint density at radius 1 is 1.17 bits per heavy atom. The molecule has 5 heteroatoms. The minimum atomic E-state index is -3.87. The number of hydrogen-bond acceptors (Lipinski definition) is 3.